The molecular formula is C30H28Cl2N2O5S2. The summed E-state index contributed by atoms with van der Waals surface area (Å²) in [6.07, 6.45) is 2.35. The summed E-state index contributed by atoms with van der Waals surface area (Å²) in [5.41, 5.74) is 2.60. The molecular weight excluding hydrogens is 603 g/mol. The lowest BCUT2D eigenvalue weighted by Gasteiger charge is -2.15. The van der Waals surface area contributed by atoms with Gasteiger partial charge in [-0.05, 0) is 80.7 Å². The molecule has 3 aromatic carbocycles. The van der Waals surface area contributed by atoms with Crippen LogP contribution in [0, 0.1) is 0 Å². The Balaban J connectivity index is 1.48. The van der Waals surface area contributed by atoms with Gasteiger partial charge < -0.3 is 19.5 Å². The van der Waals surface area contributed by atoms with Crippen molar-refractivity contribution in [2.45, 2.75) is 6.42 Å². The molecule has 1 saturated heterocycles. The summed E-state index contributed by atoms with van der Waals surface area (Å²) >= 11 is 19.3. The minimum Gasteiger partial charge on any atom is -0.494 e. The van der Waals surface area contributed by atoms with Gasteiger partial charge in [0.2, 0.25) is 0 Å². The number of carbonyl (C=O) groups is 2. The smallest absolute Gasteiger partial charge is 0.335 e. The van der Waals surface area contributed by atoms with E-state index in [1.54, 1.807) is 35.2 Å². The van der Waals surface area contributed by atoms with Crippen LogP contribution >= 0.6 is 47.2 Å². The summed E-state index contributed by atoms with van der Waals surface area (Å²) in [6.45, 7) is 1.95. The number of thiocarbonyl (C=S) groups is 1. The van der Waals surface area contributed by atoms with E-state index < -0.39 is 5.97 Å². The number of amides is 1. The number of ether oxygens (including phenoxy) is 2. The fourth-order valence-corrected chi connectivity index (χ4v) is 5.78. The molecule has 1 aliphatic heterocycles. The summed E-state index contributed by atoms with van der Waals surface area (Å²) < 4.78 is 12.2. The van der Waals surface area contributed by atoms with Crippen LogP contribution < -0.4 is 9.47 Å². The maximum atomic E-state index is 13.3. The van der Waals surface area contributed by atoms with E-state index in [4.69, 9.17) is 50.0 Å². The molecule has 0 spiro atoms. The van der Waals surface area contributed by atoms with Gasteiger partial charge in [-0.1, -0.05) is 59.3 Å². The third kappa shape index (κ3) is 8.24. The molecule has 4 rings (SSSR count). The van der Waals surface area contributed by atoms with Crippen molar-refractivity contribution < 1.29 is 24.2 Å². The Morgan fingerprint density at radius 2 is 1.80 bits per heavy atom. The van der Waals surface area contributed by atoms with Crippen LogP contribution in [0.15, 0.2) is 65.6 Å². The van der Waals surface area contributed by atoms with E-state index in [9.17, 15) is 9.59 Å². The van der Waals surface area contributed by atoms with Gasteiger partial charge >= 0.3 is 5.97 Å². The third-order valence-corrected chi connectivity index (χ3v) is 8.03. The van der Waals surface area contributed by atoms with Gasteiger partial charge in [-0.3, -0.25) is 9.69 Å². The van der Waals surface area contributed by atoms with Crippen molar-refractivity contribution in [1.82, 2.24) is 9.80 Å². The predicted molar refractivity (Wildman–Crippen MR) is 169 cm³/mol. The Labute approximate surface area is 258 Å². The molecule has 1 heterocycles. The molecule has 0 saturated carbocycles. The lowest BCUT2D eigenvalue weighted by molar-refractivity contribution is -0.122. The highest BCUT2D eigenvalue weighted by Gasteiger charge is 2.32. The number of hydrogen-bond acceptors (Lipinski definition) is 7. The molecule has 3 aromatic rings. The van der Waals surface area contributed by atoms with Gasteiger partial charge in [0, 0.05) is 34.3 Å². The van der Waals surface area contributed by atoms with Gasteiger partial charge in [0.05, 0.1) is 17.1 Å². The largest absolute Gasteiger partial charge is 0.494 e. The lowest BCUT2D eigenvalue weighted by Crippen LogP contribution is -2.29. The summed E-state index contributed by atoms with van der Waals surface area (Å²) in [4.78, 5) is 28.4. The summed E-state index contributed by atoms with van der Waals surface area (Å²) in [6, 6.07) is 17.3. The third-order valence-electron chi connectivity index (χ3n) is 6.10. The minimum absolute atomic E-state index is 0.181. The monoisotopic (exact) mass is 630 g/mol. The van der Waals surface area contributed by atoms with Crippen LogP contribution in [0.4, 0.5) is 0 Å². The Kier molecular flexibility index (Phi) is 10.7. The van der Waals surface area contributed by atoms with Crippen molar-refractivity contribution in [3.8, 4) is 22.6 Å². The number of hydrogen-bond donors (Lipinski definition) is 1. The van der Waals surface area contributed by atoms with Crippen LogP contribution in [-0.2, 0) is 4.79 Å². The lowest BCUT2D eigenvalue weighted by atomic mass is 10.0. The molecule has 7 nitrogen and oxygen atoms in total. The molecule has 0 aromatic heterocycles. The topological polar surface area (TPSA) is 79.3 Å². The van der Waals surface area contributed by atoms with Crippen LogP contribution in [0.3, 0.4) is 0 Å². The Bertz CT molecular complexity index is 1480. The molecule has 0 bridgehead atoms. The number of carboxylic acid groups (broad SMARTS) is 1. The van der Waals surface area contributed by atoms with Gasteiger partial charge in [0.25, 0.3) is 5.91 Å². The van der Waals surface area contributed by atoms with E-state index >= 15 is 0 Å². The second-order valence-corrected chi connectivity index (χ2v) is 11.9. The van der Waals surface area contributed by atoms with Crippen molar-refractivity contribution in [2.24, 2.45) is 0 Å². The Morgan fingerprint density at radius 3 is 2.49 bits per heavy atom. The molecule has 214 valence electrons. The molecule has 1 aliphatic rings. The second-order valence-electron chi connectivity index (χ2n) is 9.39. The van der Waals surface area contributed by atoms with E-state index in [0.29, 0.717) is 56.9 Å². The maximum Gasteiger partial charge on any atom is 0.335 e. The van der Waals surface area contributed by atoms with Crippen molar-refractivity contribution >= 4 is 69.5 Å². The number of thioether (sulfide) groups is 1. The summed E-state index contributed by atoms with van der Waals surface area (Å²) in [7, 11) is 3.95. The summed E-state index contributed by atoms with van der Waals surface area (Å²) in [5.74, 6) is 0.0303. The normalized spacial score (nSPS) is 14.3. The van der Waals surface area contributed by atoms with Gasteiger partial charge in [0.15, 0.2) is 0 Å². The highest BCUT2D eigenvalue weighted by Crippen LogP contribution is 2.37. The zero-order chi connectivity index (χ0) is 29.5. The molecule has 0 unspecified atom stereocenters. The number of nitrogens with zero attached hydrogens (tertiary/aromatic N) is 2. The number of carboxylic acids is 1. The second kappa shape index (κ2) is 14.2. The number of carbonyl (C=O) groups excluding carboxylic acids is 1. The first-order chi connectivity index (χ1) is 19.6. The van der Waals surface area contributed by atoms with Crippen molar-refractivity contribution in [3.05, 3.63) is 86.7 Å². The van der Waals surface area contributed by atoms with Crippen LogP contribution in [0.5, 0.6) is 11.5 Å². The number of rotatable bonds is 12. The van der Waals surface area contributed by atoms with Gasteiger partial charge in [-0.2, -0.15) is 0 Å². The molecule has 1 N–H and O–H groups in total. The van der Waals surface area contributed by atoms with Crippen LogP contribution in [0.25, 0.3) is 17.2 Å². The SMILES string of the molecule is CN(C)CCOc1ccc(-c2ccc(Cl)cc2Cl)cc1C=C1SC(=S)N(CCCOc2ccc(C(=O)O)cc2)C1=O. The molecule has 41 heavy (non-hydrogen) atoms. The Morgan fingerprint density at radius 1 is 1.05 bits per heavy atom. The summed E-state index contributed by atoms with van der Waals surface area (Å²) in [5, 5.41) is 10.1. The van der Waals surface area contributed by atoms with E-state index in [0.717, 1.165) is 23.2 Å². The highest BCUT2D eigenvalue weighted by atomic mass is 35.5. The molecule has 1 amide bonds. The van der Waals surface area contributed by atoms with Gasteiger partial charge in [-0.15, -0.1) is 0 Å². The maximum absolute atomic E-state index is 13.3. The first kappa shape index (κ1) is 30.9. The minimum atomic E-state index is -0.994. The first-order valence-electron chi connectivity index (χ1n) is 12.7. The van der Waals surface area contributed by atoms with Crippen molar-refractivity contribution in [2.75, 3.05) is 40.4 Å². The number of likely N-dealkylation sites (N-methyl/N-ethyl adjacent to an activating group) is 1. The predicted octanol–water partition coefficient (Wildman–Crippen LogP) is 6.97. The number of benzene rings is 3. The van der Waals surface area contributed by atoms with Crippen LogP contribution in [0.1, 0.15) is 22.3 Å². The zero-order valence-corrected chi connectivity index (χ0v) is 25.6. The molecule has 11 heteroatoms. The zero-order valence-electron chi connectivity index (χ0n) is 22.4. The molecule has 0 aliphatic carbocycles. The Hall–Kier alpha value is -3.08. The highest BCUT2D eigenvalue weighted by molar-refractivity contribution is 8.26. The number of aromatic carboxylic acids is 1. The average molecular weight is 632 g/mol. The molecule has 0 atom stereocenters. The van der Waals surface area contributed by atoms with E-state index in [1.807, 2.05) is 43.3 Å². The quantitative estimate of drug-likeness (QED) is 0.131. The van der Waals surface area contributed by atoms with Gasteiger partial charge in [0.1, 0.15) is 22.4 Å². The van der Waals surface area contributed by atoms with E-state index in [-0.39, 0.29) is 11.5 Å². The molecule has 0 radical (unpaired) electrons. The van der Waals surface area contributed by atoms with Crippen molar-refractivity contribution in [3.63, 3.8) is 0 Å². The average Bonchev–Trinajstić information content (AvgIpc) is 3.19. The fourth-order valence-electron chi connectivity index (χ4n) is 3.96. The van der Waals surface area contributed by atoms with E-state index in [1.165, 1.54) is 23.9 Å². The van der Waals surface area contributed by atoms with Crippen molar-refractivity contribution in [1.29, 1.82) is 0 Å². The molecule has 1 fully saturated rings. The van der Waals surface area contributed by atoms with Gasteiger partial charge in [-0.25, -0.2) is 4.79 Å². The van der Waals surface area contributed by atoms with Crippen LogP contribution in [0.2, 0.25) is 10.0 Å². The van der Waals surface area contributed by atoms with E-state index in [2.05, 4.69) is 0 Å². The van der Waals surface area contributed by atoms with Crippen LogP contribution in [-0.4, -0.2) is 71.5 Å². The first-order valence-corrected chi connectivity index (χ1v) is 14.7. The fraction of sp³-hybridized carbons (Fsp3) is 0.233. The standard InChI is InChI=1S/C30H28Cl2N2O5S2/c1-33(2)13-15-39-26-11-6-20(24-10-7-22(31)18-25(24)32)16-21(26)17-27-28(35)34(30(40)41-27)12-3-14-38-23-8-4-19(5-9-23)29(36)37/h4-11,16-18H,3,12-15H2,1-2H3,(H,36,37). The number of halogens is 2.